The van der Waals surface area contributed by atoms with Crippen LogP contribution in [0.25, 0.3) is 11.0 Å². The molecular weight excluding hydrogens is 274 g/mol. The minimum Gasteiger partial charge on any atom is -0.346 e. The van der Waals surface area contributed by atoms with E-state index >= 15 is 0 Å². The first-order valence-corrected chi connectivity index (χ1v) is 7.81. The number of pyridine rings is 1. The summed E-state index contributed by atoms with van der Waals surface area (Å²) in [6.45, 7) is 12.2. The van der Waals surface area contributed by atoms with Crippen LogP contribution in [0.5, 0.6) is 0 Å². The maximum atomic E-state index is 12.8. The van der Waals surface area contributed by atoms with Gasteiger partial charge in [0.15, 0.2) is 5.78 Å². The smallest absolute Gasteiger partial charge is 0.155 e. The highest BCUT2D eigenvalue weighted by atomic mass is 16.1. The Morgan fingerprint density at radius 2 is 1.95 bits per heavy atom. The van der Waals surface area contributed by atoms with E-state index in [4.69, 9.17) is 0 Å². The normalized spacial score (nSPS) is 14.3. The molecule has 0 bridgehead atoms. The maximum Gasteiger partial charge on any atom is 0.155 e. The van der Waals surface area contributed by atoms with Crippen molar-refractivity contribution >= 4 is 16.8 Å². The average Bonchev–Trinajstić information content (AvgIpc) is 2.78. The van der Waals surface area contributed by atoms with E-state index in [9.17, 15) is 4.79 Å². The van der Waals surface area contributed by atoms with Gasteiger partial charge in [-0.15, -0.1) is 0 Å². The first kappa shape index (κ1) is 16.7. The standard InChI is InChI=1S/C18H27N3O/c1-17(2,3)15(22)14(21-18(4,5)6)10-12-11-20-16-13(12)8-7-9-19-16/h7-9,11,14,21H,10H2,1-6H3,(H,19,20)/t14-/m0/s1. The first-order chi connectivity index (χ1) is 10.1. The van der Waals surface area contributed by atoms with Gasteiger partial charge in [0.05, 0.1) is 6.04 Å². The van der Waals surface area contributed by atoms with Crippen LogP contribution in [0.3, 0.4) is 0 Å². The Morgan fingerprint density at radius 3 is 2.55 bits per heavy atom. The summed E-state index contributed by atoms with van der Waals surface area (Å²) < 4.78 is 0. The Kier molecular flexibility index (Phi) is 4.43. The number of rotatable bonds is 4. The number of aromatic nitrogens is 2. The SMILES string of the molecule is CC(C)(C)N[C@@H](Cc1c[nH]c2ncccc12)C(=O)C(C)(C)C. The number of nitrogens with zero attached hydrogens (tertiary/aromatic N) is 1. The molecular formula is C18H27N3O. The minimum absolute atomic E-state index is 0.115. The number of hydrogen-bond donors (Lipinski definition) is 2. The van der Waals surface area contributed by atoms with Crippen LogP contribution in [-0.2, 0) is 11.2 Å². The largest absolute Gasteiger partial charge is 0.346 e. The Balaban J connectivity index is 2.32. The Bertz CT molecular complexity index is 659. The Labute approximate surface area is 132 Å². The van der Waals surface area contributed by atoms with Crippen molar-refractivity contribution in [3.05, 3.63) is 30.1 Å². The summed E-state index contributed by atoms with van der Waals surface area (Å²) in [5.74, 6) is 0.237. The van der Waals surface area contributed by atoms with E-state index < -0.39 is 0 Å². The first-order valence-electron chi connectivity index (χ1n) is 7.81. The van der Waals surface area contributed by atoms with Gasteiger partial charge >= 0.3 is 0 Å². The fraction of sp³-hybridized carbons (Fsp3) is 0.556. The number of H-pyrrole nitrogens is 1. The van der Waals surface area contributed by atoms with Gasteiger partial charge in [0.1, 0.15) is 5.65 Å². The van der Waals surface area contributed by atoms with Gasteiger partial charge < -0.3 is 10.3 Å². The van der Waals surface area contributed by atoms with Crippen molar-refractivity contribution in [1.29, 1.82) is 0 Å². The lowest BCUT2D eigenvalue weighted by atomic mass is 9.83. The number of hydrogen-bond acceptors (Lipinski definition) is 3. The zero-order valence-corrected chi connectivity index (χ0v) is 14.4. The van der Waals surface area contributed by atoms with Gasteiger partial charge in [0.2, 0.25) is 0 Å². The number of ketones is 1. The number of carbonyl (C=O) groups excluding carboxylic acids is 1. The summed E-state index contributed by atoms with van der Waals surface area (Å²) in [7, 11) is 0. The predicted molar refractivity (Wildman–Crippen MR) is 90.9 cm³/mol. The Hall–Kier alpha value is -1.68. The van der Waals surface area contributed by atoms with Crippen molar-refractivity contribution < 1.29 is 4.79 Å². The van der Waals surface area contributed by atoms with Crippen molar-refractivity contribution in [2.45, 2.75) is 59.5 Å². The van der Waals surface area contributed by atoms with E-state index in [-0.39, 0.29) is 22.8 Å². The van der Waals surface area contributed by atoms with E-state index in [1.165, 1.54) is 0 Å². The summed E-state index contributed by atoms with van der Waals surface area (Å²) >= 11 is 0. The summed E-state index contributed by atoms with van der Waals surface area (Å²) in [5, 5.41) is 4.57. The van der Waals surface area contributed by atoms with E-state index in [0.717, 1.165) is 16.6 Å². The molecule has 0 aromatic carbocycles. The predicted octanol–water partition coefficient (Wildman–Crippen LogP) is 3.48. The molecule has 22 heavy (non-hydrogen) atoms. The molecule has 2 aromatic heterocycles. The summed E-state index contributed by atoms with van der Waals surface area (Å²) in [6, 6.07) is 3.76. The van der Waals surface area contributed by atoms with Gasteiger partial charge in [-0.3, -0.25) is 4.79 Å². The van der Waals surface area contributed by atoms with Crippen molar-refractivity contribution in [2.24, 2.45) is 5.41 Å². The van der Waals surface area contributed by atoms with Crippen molar-refractivity contribution in [3.8, 4) is 0 Å². The molecule has 0 aliphatic heterocycles. The zero-order valence-electron chi connectivity index (χ0n) is 14.4. The maximum absolute atomic E-state index is 12.8. The molecule has 4 nitrogen and oxygen atoms in total. The quantitative estimate of drug-likeness (QED) is 0.909. The number of Topliss-reactive ketones (excluding diaryl/α,β-unsaturated/α-hetero) is 1. The molecule has 0 fully saturated rings. The molecule has 2 heterocycles. The van der Waals surface area contributed by atoms with Crippen molar-refractivity contribution in [1.82, 2.24) is 15.3 Å². The van der Waals surface area contributed by atoms with Crippen molar-refractivity contribution in [3.63, 3.8) is 0 Å². The average molecular weight is 301 g/mol. The van der Waals surface area contributed by atoms with Crippen LogP contribution in [0.2, 0.25) is 0 Å². The van der Waals surface area contributed by atoms with Gasteiger partial charge in [0, 0.05) is 28.7 Å². The highest BCUT2D eigenvalue weighted by Crippen LogP contribution is 2.23. The lowest BCUT2D eigenvalue weighted by Crippen LogP contribution is -2.51. The molecule has 0 spiro atoms. The third kappa shape index (κ3) is 3.95. The molecule has 2 rings (SSSR count). The molecule has 0 unspecified atom stereocenters. The molecule has 0 aliphatic rings. The van der Waals surface area contributed by atoms with Crippen LogP contribution in [-0.4, -0.2) is 27.3 Å². The monoisotopic (exact) mass is 301 g/mol. The zero-order chi connectivity index (χ0) is 16.5. The lowest BCUT2D eigenvalue weighted by Gasteiger charge is -2.31. The van der Waals surface area contributed by atoms with Gasteiger partial charge in [-0.2, -0.15) is 0 Å². The van der Waals surface area contributed by atoms with E-state index in [1.54, 1.807) is 6.20 Å². The molecule has 0 saturated heterocycles. The summed E-state index contributed by atoms with van der Waals surface area (Å²) in [4.78, 5) is 20.3. The van der Waals surface area contributed by atoms with E-state index in [2.05, 4.69) is 36.1 Å². The second kappa shape index (κ2) is 5.84. The van der Waals surface area contributed by atoms with Gasteiger partial charge in [0.25, 0.3) is 0 Å². The molecule has 0 aliphatic carbocycles. The second-order valence-corrected chi connectivity index (χ2v) is 7.98. The summed E-state index contributed by atoms with van der Waals surface area (Å²) in [5.41, 5.74) is 1.51. The Morgan fingerprint density at radius 1 is 1.27 bits per heavy atom. The lowest BCUT2D eigenvalue weighted by molar-refractivity contribution is -0.128. The van der Waals surface area contributed by atoms with Crippen LogP contribution >= 0.6 is 0 Å². The van der Waals surface area contributed by atoms with Gasteiger partial charge in [-0.25, -0.2) is 4.98 Å². The van der Waals surface area contributed by atoms with E-state index in [1.807, 2.05) is 39.1 Å². The van der Waals surface area contributed by atoms with Gasteiger partial charge in [-0.05, 0) is 44.9 Å². The molecule has 2 N–H and O–H groups in total. The number of aromatic amines is 1. The fourth-order valence-corrected chi connectivity index (χ4v) is 2.66. The highest BCUT2D eigenvalue weighted by Gasteiger charge is 2.32. The second-order valence-electron chi connectivity index (χ2n) is 7.98. The molecule has 2 aromatic rings. The van der Waals surface area contributed by atoms with Crippen LogP contribution in [0.15, 0.2) is 24.5 Å². The number of fused-ring (bicyclic) bond motifs is 1. The molecule has 1 atom stereocenters. The van der Waals surface area contributed by atoms with E-state index in [0.29, 0.717) is 6.42 Å². The van der Waals surface area contributed by atoms with Crippen LogP contribution in [0, 0.1) is 5.41 Å². The third-order valence-electron chi connectivity index (χ3n) is 3.62. The topological polar surface area (TPSA) is 57.8 Å². The van der Waals surface area contributed by atoms with Crippen LogP contribution in [0.4, 0.5) is 0 Å². The highest BCUT2D eigenvalue weighted by molar-refractivity contribution is 5.90. The van der Waals surface area contributed by atoms with Crippen molar-refractivity contribution in [2.75, 3.05) is 0 Å². The summed E-state index contributed by atoms with van der Waals surface area (Å²) in [6.07, 6.45) is 4.40. The molecule has 4 heteroatoms. The molecule has 0 amide bonds. The third-order valence-corrected chi connectivity index (χ3v) is 3.62. The fourth-order valence-electron chi connectivity index (χ4n) is 2.66. The van der Waals surface area contributed by atoms with Gasteiger partial charge in [-0.1, -0.05) is 20.8 Å². The minimum atomic E-state index is -0.368. The van der Waals surface area contributed by atoms with Crippen LogP contribution < -0.4 is 5.32 Å². The molecule has 0 radical (unpaired) electrons. The molecule has 0 saturated carbocycles. The number of nitrogens with one attached hydrogen (secondary N) is 2. The number of carbonyl (C=O) groups is 1. The molecule has 120 valence electrons. The van der Waals surface area contributed by atoms with Crippen LogP contribution in [0.1, 0.15) is 47.1 Å².